The first-order chi connectivity index (χ1) is 28.1. The summed E-state index contributed by atoms with van der Waals surface area (Å²) in [6.45, 7) is 13.7. The van der Waals surface area contributed by atoms with E-state index < -0.39 is 11.7 Å². The van der Waals surface area contributed by atoms with Crippen LogP contribution in [0.4, 0.5) is 35.9 Å². The maximum atomic E-state index is 14.0. The van der Waals surface area contributed by atoms with Crippen molar-refractivity contribution in [1.29, 1.82) is 0 Å². The zero-order chi connectivity index (χ0) is 41.3. The molecule has 0 spiro atoms. The van der Waals surface area contributed by atoms with Crippen LogP contribution in [0.15, 0.2) is 152 Å². The molecule has 1 aliphatic heterocycles. The van der Waals surface area contributed by atoms with Gasteiger partial charge < -0.3 is 14.5 Å². The number of rotatable bonds is 6. The molecule has 0 saturated carbocycles. The predicted molar refractivity (Wildman–Crippen MR) is 235 cm³/mol. The molecule has 0 amide bonds. The van der Waals surface area contributed by atoms with Crippen molar-refractivity contribution >= 4 is 44.6 Å². The van der Waals surface area contributed by atoms with Crippen molar-refractivity contribution in [1.82, 2.24) is 9.55 Å². The molecule has 2 aromatic heterocycles. The van der Waals surface area contributed by atoms with E-state index in [9.17, 15) is 13.2 Å². The zero-order valence-electron chi connectivity index (χ0n) is 34.0. The summed E-state index contributed by atoms with van der Waals surface area (Å²) in [6.07, 6.45) is -2.72. The summed E-state index contributed by atoms with van der Waals surface area (Å²) in [6, 6.07) is 47.3. The van der Waals surface area contributed by atoms with Crippen LogP contribution in [0.1, 0.15) is 58.2 Å². The highest BCUT2D eigenvalue weighted by molar-refractivity contribution is 6.09. The number of aromatic nitrogens is 2. The molecule has 3 heterocycles. The van der Waals surface area contributed by atoms with Gasteiger partial charge in [-0.2, -0.15) is 13.2 Å². The Morgan fingerprint density at radius 3 is 1.92 bits per heavy atom. The van der Waals surface area contributed by atoms with Gasteiger partial charge in [0.2, 0.25) is 0 Å². The van der Waals surface area contributed by atoms with E-state index in [4.69, 9.17) is 9.72 Å². The number of para-hydroxylation sites is 2. The first-order valence-electron chi connectivity index (χ1n) is 19.9. The van der Waals surface area contributed by atoms with Crippen LogP contribution < -0.4 is 14.5 Å². The Kier molecular flexibility index (Phi) is 9.07. The van der Waals surface area contributed by atoms with Crippen molar-refractivity contribution in [3.63, 3.8) is 0 Å². The third kappa shape index (κ3) is 7.17. The minimum absolute atomic E-state index is 0.0551. The molecule has 0 saturated heterocycles. The Morgan fingerprint density at radius 2 is 1.20 bits per heavy atom. The van der Waals surface area contributed by atoms with Crippen LogP contribution >= 0.6 is 0 Å². The summed E-state index contributed by atoms with van der Waals surface area (Å²) in [5.74, 6) is 1.81. The Balaban J connectivity index is 1.09. The molecular weight excluding hydrogens is 742 g/mol. The molecule has 0 aliphatic carbocycles. The minimum Gasteiger partial charge on any atom is -0.457 e. The molecule has 59 heavy (non-hydrogen) atoms. The first-order valence-corrected chi connectivity index (χ1v) is 19.9. The van der Waals surface area contributed by atoms with Crippen LogP contribution in [0.25, 0.3) is 38.8 Å². The van der Waals surface area contributed by atoms with Crippen molar-refractivity contribution in [2.45, 2.75) is 58.5 Å². The van der Waals surface area contributed by atoms with Crippen molar-refractivity contribution in [2.24, 2.45) is 0 Å². The van der Waals surface area contributed by atoms with E-state index in [2.05, 4.69) is 124 Å². The second-order valence-electron chi connectivity index (χ2n) is 17.4. The molecule has 9 rings (SSSR count). The SMILES string of the molecule is CC(C)(C)c1cc(-c2ccccc2)cc(N2CN(c3cccc(Oc4ccc5c6cc(C(F)(F)F)ccc6n(-c6cc(C(C)(C)C)ccn6)c5c4)c3)c3ccccc32)c1. The highest BCUT2D eigenvalue weighted by Crippen LogP contribution is 2.47. The van der Waals surface area contributed by atoms with Crippen LogP contribution in [0.5, 0.6) is 11.5 Å². The molecule has 6 aromatic carbocycles. The second kappa shape index (κ2) is 14.1. The number of halogens is 3. The zero-order valence-corrected chi connectivity index (χ0v) is 34.0. The highest BCUT2D eigenvalue weighted by atomic mass is 19.4. The van der Waals surface area contributed by atoms with E-state index in [1.165, 1.54) is 28.8 Å². The van der Waals surface area contributed by atoms with Crippen LogP contribution in [0.2, 0.25) is 0 Å². The smallest absolute Gasteiger partial charge is 0.416 e. The third-order valence-electron chi connectivity index (χ3n) is 11.2. The van der Waals surface area contributed by atoms with Gasteiger partial charge in [0.25, 0.3) is 0 Å². The molecular formula is C51H45F3N4O. The van der Waals surface area contributed by atoms with Gasteiger partial charge in [0.05, 0.1) is 28.0 Å². The lowest BCUT2D eigenvalue weighted by molar-refractivity contribution is -0.137. The molecule has 0 unspecified atom stereocenters. The van der Waals surface area contributed by atoms with Gasteiger partial charge in [-0.25, -0.2) is 4.98 Å². The average Bonchev–Trinajstić information content (AvgIpc) is 3.76. The van der Waals surface area contributed by atoms with E-state index in [-0.39, 0.29) is 10.8 Å². The molecule has 8 aromatic rings. The van der Waals surface area contributed by atoms with E-state index >= 15 is 0 Å². The number of alkyl halides is 3. The van der Waals surface area contributed by atoms with Gasteiger partial charge in [0, 0.05) is 40.5 Å². The van der Waals surface area contributed by atoms with Crippen LogP contribution in [-0.4, -0.2) is 16.2 Å². The maximum Gasteiger partial charge on any atom is 0.416 e. The van der Waals surface area contributed by atoms with Crippen LogP contribution in [-0.2, 0) is 17.0 Å². The van der Waals surface area contributed by atoms with Gasteiger partial charge in [-0.3, -0.25) is 4.57 Å². The van der Waals surface area contributed by atoms with E-state index in [1.807, 2.05) is 59.2 Å². The first kappa shape index (κ1) is 38.0. The van der Waals surface area contributed by atoms with Gasteiger partial charge in [0.15, 0.2) is 0 Å². The summed E-state index contributed by atoms with van der Waals surface area (Å²) in [4.78, 5) is 9.37. The molecule has 0 N–H and O–H groups in total. The predicted octanol–water partition coefficient (Wildman–Crippen LogP) is 14.5. The lowest BCUT2D eigenvalue weighted by atomic mass is 9.85. The molecule has 0 fully saturated rings. The monoisotopic (exact) mass is 786 g/mol. The Morgan fingerprint density at radius 1 is 0.508 bits per heavy atom. The Labute approximate surface area is 342 Å². The number of pyridine rings is 1. The molecule has 0 radical (unpaired) electrons. The standard InChI is InChI=1S/C51H45F3N4O/c1-49(2,3)35-23-24-55-48(29-35)58-44-22-19-36(51(52,53)54)28-43(44)42-21-20-41(31-47(42)58)59-40-16-12-15-38(30-40)56-32-57(46-18-11-10-17-45(46)56)39-26-34(33-13-8-7-9-14-33)25-37(27-39)50(4,5)6/h7-31H,32H2,1-6H3. The highest BCUT2D eigenvalue weighted by Gasteiger charge is 2.32. The molecule has 1 aliphatic rings. The fourth-order valence-electron chi connectivity index (χ4n) is 8.00. The van der Waals surface area contributed by atoms with Crippen LogP contribution in [0, 0.1) is 0 Å². The number of benzene rings is 6. The lowest BCUT2D eigenvalue weighted by Crippen LogP contribution is -2.24. The summed E-state index contributed by atoms with van der Waals surface area (Å²) in [5.41, 5.74) is 9.37. The van der Waals surface area contributed by atoms with E-state index in [1.54, 1.807) is 6.20 Å². The van der Waals surface area contributed by atoms with Crippen LogP contribution in [0.3, 0.4) is 0 Å². The fourth-order valence-corrected chi connectivity index (χ4v) is 8.00. The van der Waals surface area contributed by atoms with Gasteiger partial charge >= 0.3 is 6.18 Å². The third-order valence-corrected chi connectivity index (χ3v) is 11.2. The topological polar surface area (TPSA) is 33.5 Å². The van der Waals surface area contributed by atoms with Crippen molar-refractivity contribution in [3.05, 3.63) is 168 Å². The molecule has 5 nitrogen and oxygen atoms in total. The van der Waals surface area contributed by atoms with E-state index in [0.29, 0.717) is 45.8 Å². The molecule has 0 atom stereocenters. The maximum absolute atomic E-state index is 14.0. The number of nitrogens with zero attached hydrogens (tertiary/aromatic N) is 4. The molecule has 0 bridgehead atoms. The Hall–Kier alpha value is -6.54. The number of ether oxygens (including phenoxy) is 1. The largest absolute Gasteiger partial charge is 0.457 e. The van der Waals surface area contributed by atoms with Crippen molar-refractivity contribution < 1.29 is 17.9 Å². The van der Waals surface area contributed by atoms with Gasteiger partial charge in [-0.1, -0.05) is 96.1 Å². The minimum atomic E-state index is -4.48. The second-order valence-corrected chi connectivity index (χ2v) is 17.4. The number of hydrogen-bond acceptors (Lipinski definition) is 4. The Bertz CT molecular complexity index is 2870. The molecule has 8 heteroatoms. The fraction of sp³-hybridized carbons (Fsp3) is 0.196. The summed E-state index contributed by atoms with van der Waals surface area (Å²) in [7, 11) is 0. The molecule has 296 valence electrons. The number of hydrogen-bond donors (Lipinski definition) is 0. The van der Waals surface area contributed by atoms with Gasteiger partial charge in [-0.05, 0) is 112 Å². The van der Waals surface area contributed by atoms with E-state index in [0.717, 1.165) is 34.4 Å². The normalized spacial score (nSPS) is 13.4. The average molecular weight is 787 g/mol. The summed E-state index contributed by atoms with van der Waals surface area (Å²) in [5, 5.41) is 1.17. The van der Waals surface area contributed by atoms with Crippen molar-refractivity contribution in [3.8, 4) is 28.4 Å². The van der Waals surface area contributed by atoms with Gasteiger partial charge in [0.1, 0.15) is 24.0 Å². The van der Waals surface area contributed by atoms with Crippen molar-refractivity contribution in [2.75, 3.05) is 16.5 Å². The van der Waals surface area contributed by atoms with Gasteiger partial charge in [-0.15, -0.1) is 0 Å². The number of fused-ring (bicyclic) bond motifs is 4. The summed E-state index contributed by atoms with van der Waals surface area (Å²) < 4.78 is 50.4. The lowest BCUT2D eigenvalue weighted by Gasteiger charge is -2.26. The summed E-state index contributed by atoms with van der Waals surface area (Å²) >= 11 is 0. The number of anilines is 4. The quantitative estimate of drug-likeness (QED) is 0.168.